The highest BCUT2D eigenvalue weighted by molar-refractivity contribution is 7.09. The van der Waals surface area contributed by atoms with Crippen LogP contribution in [0.4, 0.5) is 5.13 Å². The van der Waals surface area contributed by atoms with E-state index < -0.39 is 0 Å². The first-order valence-corrected chi connectivity index (χ1v) is 6.89. The van der Waals surface area contributed by atoms with Gasteiger partial charge in [0.25, 0.3) is 0 Å². The summed E-state index contributed by atoms with van der Waals surface area (Å²) < 4.78 is 10.8. The number of anilines is 1. The van der Waals surface area contributed by atoms with Gasteiger partial charge in [0.2, 0.25) is 11.0 Å². The van der Waals surface area contributed by atoms with Crippen molar-refractivity contribution in [2.24, 2.45) is 7.05 Å². The van der Waals surface area contributed by atoms with Crippen LogP contribution in [0.2, 0.25) is 0 Å². The maximum Gasteiger partial charge on any atom is 0.230 e. The summed E-state index contributed by atoms with van der Waals surface area (Å²) in [5, 5.41) is 7.53. The molecule has 0 atom stereocenters. The summed E-state index contributed by atoms with van der Waals surface area (Å²) in [4.78, 5) is 16.2. The quantitative estimate of drug-likeness (QED) is 0.896. The Morgan fingerprint density at radius 3 is 2.80 bits per heavy atom. The summed E-state index contributed by atoms with van der Waals surface area (Å²) in [5.41, 5.74) is 2.82. The van der Waals surface area contributed by atoms with Crippen LogP contribution in [-0.4, -0.2) is 32.2 Å². The maximum atomic E-state index is 12.0. The lowest BCUT2D eigenvalue weighted by Gasteiger charge is -2.02. The van der Waals surface area contributed by atoms with Crippen LogP contribution in [0.25, 0.3) is 0 Å². The third kappa shape index (κ3) is 3.20. The van der Waals surface area contributed by atoms with E-state index in [0.717, 1.165) is 28.5 Å². The predicted molar refractivity (Wildman–Crippen MR) is 75.6 cm³/mol. The SMILES string of the molecule is COCc1nsc(NC(=O)Cc2c(C)nn(C)c2C)n1. The van der Waals surface area contributed by atoms with Crippen LogP contribution in [-0.2, 0) is 29.6 Å². The molecule has 0 saturated carbocycles. The number of ether oxygens (including phenoxy) is 1. The molecule has 108 valence electrons. The minimum absolute atomic E-state index is 0.121. The summed E-state index contributed by atoms with van der Waals surface area (Å²) in [6.07, 6.45) is 0.282. The van der Waals surface area contributed by atoms with Gasteiger partial charge in [-0.2, -0.15) is 9.47 Å². The average Bonchev–Trinajstić information content (AvgIpc) is 2.91. The smallest absolute Gasteiger partial charge is 0.230 e. The van der Waals surface area contributed by atoms with Gasteiger partial charge in [-0.05, 0) is 13.8 Å². The van der Waals surface area contributed by atoms with Crippen LogP contribution in [0.1, 0.15) is 22.8 Å². The van der Waals surface area contributed by atoms with Gasteiger partial charge in [0.15, 0.2) is 5.82 Å². The molecule has 20 heavy (non-hydrogen) atoms. The van der Waals surface area contributed by atoms with E-state index in [9.17, 15) is 4.79 Å². The fraction of sp³-hybridized carbons (Fsp3) is 0.500. The van der Waals surface area contributed by atoms with Gasteiger partial charge < -0.3 is 10.1 Å². The minimum Gasteiger partial charge on any atom is -0.377 e. The highest BCUT2D eigenvalue weighted by Gasteiger charge is 2.15. The first kappa shape index (κ1) is 14.6. The number of nitrogens with zero attached hydrogens (tertiary/aromatic N) is 4. The van der Waals surface area contributed by atoms with E-state index in [4.69, 9.17) is 4.74 Å². The van der Waals surface area contributed by atoms with Crippen LogP contribution >= 0.6 is 11.5 Å². The molecule has 2 heterocycles. The highest BCUT2D eigenvalue weighted by atomic mass is 32.1. The van der Waals surface area contributed by atoms with Crippen molar-refractivity contribution in [1.82, 2.24) is 19.1 Å². The number of aryl methyl sites for hydroxylation is 2. The third-order valence-corrected chi connectivity index (χ3v) is 3.65. The van der Waals surface area contributed by atoms with Gasteiger partial charge in [-0.1, -0.05) is 0 Å². The first-order chi connectivity index (χ1) is 9.51. The molecule has 0 bridgehead atoms. The second-order valence-electron chi connectivity index (χ2n) is 4.45. The Labute approximate surface area is 121 Å². The number of hydrogen-bond donors (Lipinski definition) is 1. The van der Waals surface area contributed by atoms with E-state index in [1.165, 1.54) is 0 Å². The summed E-state index contributed by atoms with van der Waals surface area (Å²) in [6.45, 7) is 4.19. The lowest BCUT2D eigenvalue weighted by molar-refractivity contribution is -0.115. The van der Waals surface area contributed by atoms with Crippen LogP contribution in [0.15, 0.2) is 0 Å². The molecular weight excluding hydrogens is 278 g/mol. The van der Waals surface area contributed by atoms with Gasteiger partial charge in [-0.25, -0.2) is 4.98 Å². The molecule has 2 aromatic rings. The monoisotopic (exact) mass is 295 g/mol. The van der Waals surface area contributed by atoms with Gasteiger partial charge in [0.1, 0.15) is 6.61 Å². The topological polar surface area (TPSA) is 81.9 Å². The first-order valence-electron chi connectivity index (χ1n) is 6.11. The number of amides is 1. The van der Waals surface area contributed by atoms with Crippen molar-refractivity contribution in [2.45, 2.75) is 26.9 Å². The third-order valence-electron chi connectivity index (χ3n) is 2.98. The van der Waals surface area contributed by atoms with Crippen LogP contribution in [0.5, 0.6) is 0 Å². The standard InChI is InChI=1S/C12H17N5O2S/c1-7-9(8(2)17(3)15-7)5-11(18)14-12-13-10(6-19-4)16-20-12/h5-6H2,1-4H3,(H,13,14,16,18). The Morgan fingerprint density at radius 1 is 1.45 bits per heavy atom. The Bertz CT molecular complexity index is 619. The number of carbonyl (C=O) groups is 1. The molecule has 0 aliphatic carbocycles. The summed E-state index contributed by atoms with van der Waals surface area (Å²) in [7, 11) is 3.44. The van der Waals surface area contributed by atoms with Crippen molar-refractivity contribution in [3.8, 4) is 0 Å². The second kappa shape index (κ2) is 6.10. The predicted octanol–water partition coefficient (Wildman–Crippen LogP) is 1.22. The van der Waals surface area contributed by atoms with E-state index in [1.54, 1.807) is 11.8 Å². The molecule has 0 unspecified atom stereocenters. The molecule has 1 amide bonds. The summed E-state index contributed by atoms with van der Waals surface area (Å²) in [6, 6.07) is 0. The van der Waals surface area contributed by atoms with Gasteiger partial charge in [0.05, 0.1) is 12.1 Å². The zero-order chi connectivity index (χ0) is 14.7. The fourth-order valence-corrected chi connectivity index (χ4v) is 2.48. The number of aromatic nitrogens is 4. The Kier molecular flexibility index (Phi) is 4.46. The molecule has 8 heteroatoms. The van der Waals surface area contributed by atoms with E-state index in [1.807, 2.05) is 20.9 Å². The molecule has 0 saturated heterocycles. The lowest BCUT2D eigenvalue weighted by atomic mass is 10.1. The minimum atomic E-state index is -0.121. The van der Waals surface area contributed by atoms with E-state index in [-0.39, 0.29) is 12.3 Å². The lowest BCUT2D eigenvalue weighted by Crippen LogP contribution is -2.15. The number of rotatable bonds is 5. The zero-order valence-corrected chi connectivity index (χ0v) is 12.7. The van der Waals surface area contributed by atoms with Gasteiger partial charge in [-0.3, -0.25) is 9.48 Å². The number of carbonyl (C=O) groups excluding carboxylic acids is 1. The molecule has 0 aliphatic heterocycles. The van der Waals surface area contributed by atoms with Gasteiger partial charge in [0, 0.05) is 36.9 Å². The molecule has 0 spiro atoms. The van der Waals surface area contributed by atoms with Crippen molar-refractivity contribution in [3.63, 3.8) is 0 Å². The molecule has 2 aromatic heterocycles. The molecular formula is C12H17N5O2S. The maximum absolute atomic E-state index is 12.0. The van der Waals surface area contributed by atoms with Crippen LogP contribution in [0.3, 0.4) is 0 Å². The molecule has 0 aromatic carbocycles. The summed E-state index contributed by atoms with van der Waals surface area (Å²) >= 11 is 1.15. The van der Waals surface area contributed by atoms with Crippen LogP contribution < -0.4 is 5.32 Å². The van der Waals surface area contributed by atoms with Crippen molar-refractivity contribution < 1.29 is 9.53 Å². The highest BCUT2D eigenvalue weighted by Crippen LogP contribution is 2.15. The van der Waals surface area contributed by atoms with E-state index in [0.29, 0.717) is 17.6 Å². The molecule has 7 nitrogen and oxygen atoms in total. The number of methoxy groups -OCH3 is 1. The molecule has 0 aliphatic rings. The average molecular weight is 295 g/mol. The largest absolute Gasteiger partial charge is 0.377 e. The Balaban J connectivity index is 2.01. The molecule has 0 radical (unpaired) electrons. The van der Waals surface area contributed by atoms with Crippen molar-refractivity contribution >= 4 is 22.6 Å². The Hall–Kier alpha value is -1.80. The second-order valence-corrected chi connectivity index (χ2v) is 5.20. The van der Waals surface area contributed by atoms with E-state index in [2.05, 4.69) is 19.8 Å². The van der Waals surface area contributed by atoms with Crippen molar-refractivity contribution in [1.29, 1.82) is 0 Å². The number of nitrogens with one attached hydrogen (secondary N) is 1. The van der Waals surface area contributed by atoms with E-state index >= 15 is 0 Å². The van der Waals surface area contributed by atoms with Crippen molar-refractivity contribution in [2.75, 3.05) is 12.4 Å². The van der Waals surface area contributed by atoms with Crippen molar-refractivity contribution in [3.05, 3.63) is 22.8 Å². The Morgan fingerprint density at radius 2 is 2.20 bits per heavy atom. The number of hydrogen-bond acceptors (Lipinski definition) is 6. The molecule has 0 fully saturated rings. The van der Waals surface area contributed by atoms with Gasteiger partial charge in [-0.15, -0.1) is 0 Å². The fourth-order valence-electron chi connectivity index (χ4n) is 1.89. The van der Waals surface area contributed by atoms with Gasteiger partial charge >= 0.3 is 0 Å². The molecule has 2 rings (SSSR count). The summed E-state index contributed by atoms with van der Waals surface area (Å²) in [5.74, 6) is 0.450. The normalized spacial score (nSPS) is 10.8. The molecule has 1 N–H and O–H groups in total. The zero-order valence-electron chi connectivity index (χ0n) is 11.9. The van der Waals surface area contributed by atoms with Crippen LogP contribution in [0, 0.1) is 13.8 Å².